The minimum atomic E-state index is -4.62. The maximum absolute atomic E-state index is 12.9. The molecule has 0 aliphatic carbocycles. The lowest BCUT2D eigenvalue weighted by Crippen LogP contribution is -2.23. The number of carbonyl (C=O) groups is 2. The van der Waals surface area contributed by atoms with Crippen LogP contribution in [0.5, 0.6) is 0 Å². The summed E-state index contributed by atoms with van der Waals surface area (Å²) in [5, 5.41) is 2.93. The number of esters is 1. The Labute approximate surface area is 167 Å². The van der Waals surface area contributed by atoms with Crippen LogP contribution in [0.15, 0.2) is 47.4 Å². The Morgan fingerprint density at radius 2 is 1.81 bits per heavy atom. The van der Waals surface area contributed by atoms with Gasteiger partial charge in [-0.15, -0.1) is 11.8 Å². The second kappa shape index (κ2) is 9.34. The van der Waals surface area contributed by atoms with E-state index in [2.05, 4.69) is 5.32 Å². The first-order valence-corrected chi connectivity index (χ1v) is 9.10. The minimum Gasteiger partial charge on any atom is -0.455 e. The molecular formula is C17H12Cl2F3NO3S. The molecule has 0 aliphatic rings. The van der Waals surface area contributed by atoms with Crippen LogP contribution in [0.25, 0.3) is 0 Å². The lowest BCUT2D eigenvalue weighted by Gasteiger charge is -2.13. The van der Waals surface area contributed by atoms with Gasteiger partial charge in [-0.25, -0.2) is 0 Å². The largest absolute Gasteiger partial charge is 0.455 e. The standard InChI is InChI=1S/C17H12Cl2F3NO3S/c18-10-5-6-12(19)14(7-10)27-9-16(25)26-8-15(24)23-13-4-2-1-3-11(13)17(20,21)22/h1-7H,8-9H2,(H,23,24). The number of thioether (sulfide) groups is 1. The normalized spacial score (nSPS) is 11.1. The quantitative estimate of drug-likeness (QED) is 0.492. The molecule has 0 spiro atoms. The molecule has 4 nitrogen and oxygen atoms in total. The van der Waals surface area contributed by atoms with E-state index in [1.165, 1.54) is 12.1 Å². The highest BCUT2D eigenvalue weighted by atomic mass is 35.5. The predicted octanol–water partition coefficient (Wildman–Crippen LogP) is 5.29. The van der Waals surface area contributed by atoms with Crippen molar-refractivity contribution in [1.82, 2.24) is 0 Å². The van der Waals surface area contributed by atoms with Crippen molar-refractivity contribution in [3.63, 3.8) is 0 Å². The van der Waals surface area contributed by atoms with Crippen molar-refractivity contribution in [3.05, 3.63) is 58.1 Å². The summed E-state index contributed by atoms with van der Waals surface area (Å²) in [6.45, 7) is -0.713. The van der Waals surface area contributed by atoms with E-state index in [0.717, 1.165) is 23.9 Å². The third kappa shape index (κ3) is 6.64. The van der Waals surface area contributed by atoms with Crippen LogP contribution in [0.2, 0.25) is 10.0 Å². The summed E-state index contributed by atoms with van der Waals surface area (Å²) in [6, 6.07) is 9.24. The highest BCUT2D eigenvalue weighted by Gasteiger charge is 2.33. The van der Waals surface area contributed by atoms with E-state index in [1.54, 1.807) is 18.2 Å². The number of hydrogen-bond donors (Lipinski definition) is 1. The number of amides is 1. The van der Waals surface area contributed by atoms with Gasteiger partial charge in [-0.05, 0) is 30.3 Å². The fourth-order valence-electron chi connectivity index (χ4n) is 1.94. The lowest BCUT2D eigenvalue weighted by atomic mass is 10.1. The number of hydrogen-bond acceptors (Lipinski definition) is 4. The van der Waals surface area contributed by atoms with Crippen molar-refractivity contribution in [3.8, 4) is 0 Å². The van der Waals surface area contributed by atoms with Crippen LogP contribution in [-0.4, -0.2) is 24.2 Å². The number of para-hydroxylation sites is 1. The van der Waals surface area contributed by atoms with Gasteiger partial charge in [-0.2, -0.15) is 13.2 Å². The van der Waals surface area contributed by atoms with Gasteiger partial charge in [-0.1, -0.05) is 35.3 Å². The van der Waals surface area contributed by atoms with E-state index in [1.807, 2.05) is 0 Å². The molecule has 0 fully saturated rings. The predicted molar refractivity (Wildman–Crippen MR) is 98.2 cm³/mol. The van der Waals surface area contributed by atoms with Crippen LogP contribution < -0.4 is 5.32 Å². The van der Waals surface area contributed by atoms with Crippen LogP contribution in [0.1, 0.15) is 5.56 Å². The smallest absolute Gasteiger partial charge is 0.418 e. The Morgan fingerprint density at radius 1 is 1.11 bits per heavy atom. The number of halogens is 5. The number of ether oxygens (including phenoxy) is 1. The minimum absolute atomic E-state index is 0.146. The molecule has 0 saturated carbocycles. The molecule has 0 unspecified atom stereocenters. The van der Waals surface area contributed by atoms with Gasteiger partial charge in [0.15, 0.2) is 6.61 Å². The summed E-state index contributed by atoms with van der Waals surface area (Å²) >= 11 is 12.9. The van der Waals surface area contributed by atoms with Gasteiger partial charge >= 0.3 is 12.1 Å². The monoisotopic (exact) mass is 437 g/mol. The van der Waals surface area contributed by atoms with Crippen molar-refractivity contribution >= 4 is 52.5 Å². The molecule has 2 rings (SSSR count). The van der Waals surface area contributed by atoms with Gasteiger partial charge in [0.25, 0.3) is 5.91 Å². The number of anilines is 1. The number of carbonyl (C=O) groups excluding carboxylic acids is 2. The summed E-state index contributed by atoms with van der Waals surface area (Å²) in [5.74, 6) is -1.76. The summed E-state index contributed by atoms with van der Waals surface area (Å²) in [6.07, 6.45) is -4.62. The summed E-state index contributed by atoms with van der Waals surface area (Å²) in [7, 11) is 0. The van der Waals surface area contributed by atoms with Crippen LogP contribution >= 0.6 is 35.0 Å². The summed E-state index contributed by atoms with van der Waals surface area (Å²) in [4.78, 5) is 24.0. The molecular weight excluding hydrogens is 426 g/mol. The first-order chi connectivity index (χ1) is 12.7. The Kier molecular flexibility index (Phi) is 7.41. The van der Waals surface area contributed by atoms with E-state index < -0.39 is 35.9 Å². The molecule has 0 aromatic heterocycles. The van der Waals surface area contributed by atoms with E-state index in [4.69, 9.17) is 27.9 Å². The van der Waals surface area contributed by atoms with Gasteiger partial charge in [0.2, 0.25) is 0 Å². The summed E-state index contributed by atoms with van der Waals surface area (Å²) in [5.41, 5.74) is -1.40. The number of nitrogens with one attached hydrogen (secondary N) is 1. The molecule has 1 amide bonds. The summed E-state index contributed by atoms with van der Waals surface area (Å²) < 4.78 is 43.4. The zero-order valence-corrected chi connectivity index (χ0v) is 15.8. The molecule has 2 aromatic carbocycles. The molecule has 0 saturated heterocycles. The van der Waals surface area contributed by atoms with Crippen LogP contribution in [-0.2, 0) is 20.5 Å². The first-order valence-electron chi connectivity index (χ1n) is 7.36. The zero-order chi connectivity index (χ0) is 20.0. The second-order valence-electron chi connectivity index (χ2n) is 5.12. The SMILES string of the molecule is O=C(COC(=O)CSc1cc(Cl)ccc1Cl)Nc1ccccc1C(F)(F)F. The van der Waals surface area contributed by atoms with Crippen molar-refractivity contribution in [1.29, 1.82) is 0 Å². The van der Waals surface area contributed by atoms with Gasteiger partial charge in [-0.3, -0.25) is 9.59 Å². The molecule has 0 heterocycles. The average Bonchev–Trinajstić information content (AvgIpc) is 2.60. The fourth-order valence-corrected chi connectivity index (χ4v) is 3.23. The Hall–Kier alpha value is -1.90. The molecule has 2 aromatic rings. The Bertz CT molecular complexity index is 846. The van der Waals surface area contributed by atoms with E-state index in [0.29, 0.717) is 14.9 Å². The Balaban J connectivity index is 1.85. The lowest BCUT2D eigenvalue weighted by molar-refractivity contribution is -0.144. The van der Waals surface area contributed by atoms with Crippen molar-refractivity contribution in [2.75, 3.05) is 17.7 Å². The Morgan fingerprint density at radius 3 is 2.52 bits per heavy atom. The van der Waals surface area contributed by atoms with Crippen molar-refractivity contribution < 1.29 is 27.5 Å². The van der Waals surface area contributed by atoms with Gasteiger partial charge < -0.3 is 10.1 Å². The average molecular weight is 438 g/mol. The molecule has 0 bridgehead atoms. The maximum atomic E-state index is 12.9. The van der Waals surface area contributed by atoms with E-state index in [-0.39, 0.29) is 5.75 Å². The van der Waals surface area contributed by atoms with Gasteiger partial charge in [0.05, 0.1) is 22.0 Å². The van der Waals surface area contributed by atoms with Gasteiger partial charge in [0.1, 0.15) is 0 Å². The molecule has 144 valence electrons. The topological polar surface area (TPSA) is 55.4 Å². The van der Waals surface area contributed by atoms with Crippen molar-refractivity contribution in [2.24, 2.45) is 0 Å². The highest BCUT2D eigenvalue weighted by Crippen LogP contribution is 2.34. The molecule has 0 radical (unpaired) electrons. The molecule has 10 heteroatoms. The number of alkyl halides is 3. The molecule has 0 aliphatic heterocycles. The zero-order valence-electron chi connectivity index (χ0n) is 13.5. The van der Waals surface area contributed by atoms with E-state index in [9.17, 15) is 22.8 Å². The fraction of sp³-hybridized carbons (Fsp3) is 0.176. The van der Waals surface area contributed by atoms with Gasteiger partial charge in [0, 0.05) is 9.92 Å². The highest BCUT2D eigenvalue weighted by molar-refractivity contribution is 8.00. The molecule has 1 N–H and O–H groups in total. The number of benzene rings is 2. The van der Waals surface area contributed by atoms with Crippen molar-refractivity contribution in [2.45, 2.75) is 11.1 Å². The van der Waals surface area contributed by atoms with Crippen LogP contribution in [0.3, 0.4) is 0 Å². The number of rotatable bonds is 6. The molecule has 0 atom stereocenters. The molecule has 27 heavy (non-hydrogen) atoms. The van der Waals surface area contributed by atoms with Crippen LogP contribution in [0, 0.1) is 0 Å². The second-order valence-corrected chi connectivity index (χ2v) is 6.98. The van der Waals surface area contributed by atoms with Crippen LogP contribution in [0.4, 0.5) is 18.9 Å². The third-order valence-corrected chi connectivity index (χ3v) is 4.82. The first kappa shape index (κ1) is 21.4. The van der Waals surface area contributed by atoms with E-state index >= 15 is 0 Å². The third-order valence-electron chi connectivity index (χ3n) is 3.11. The maximum Gasteiger partial charge on any atom is 0.418 e.